The fourth-order valence-electron chi connectivity index (χ4n) is 5.49. The van der Waals surface area contributed by atoms with Crippen molar-refractivity contribution in [3.05, 3.63) is 0 Å². The average Bonchev–Trinajstić information content (AvgIpc) is 2.84. The fourth-order valence-corrected chi connectivity index (χ4v) is 5.49. The number of esters is 2. The predicted octanol–water partition coefficient (Wildman–Crippen LogP) is 2.15. The molecule has 4 atom stereocenters. The van der Waals surface area contributed by atoms with Gasteiger partial charge in [0.15, 0.2) is 0 Å². The highest BCUT2D eigenvalue weighted by molar-refractivity contribution is 5.78. The maximum Gasteiger partial charge on any atom is 0.323 e. The van der Waals surface area contributed by atoms with Gasteiger partial charge in [-0.3, -0.25) is 29.0 Å². The topological polar surface area (TPSA) is 140 Å². The maximum absolute atomic E-state index is 13.2. The molecule has 2 fully saturated rings. The molecule has 0 aromatic carbocycles. The van der Waals surface area contributed by atoms with E-state index in [4.69, 9.17) is 9.47 Å². The summed E-state index contributed by atoms with van der Waals surface area (Å²) in [5.41, 5.74) is -1.33. The Morgan fingerprint density at radius 1 is 0.571 bits per heavy atom. The van der Waals surface area contributed by atoms with Crippen LogP contribution in [-0.4, -0.2) is 142 Å². The van der Waals surface area contributed by atoms with E-state index in [0.29, 0.717) is 39.3 Å². The van der Waals surface area contributed by atoms with Crippen molar-refractivity contribution in [3.63, 3.8) is 0 Å². The molecule has 2 aliphatic rings. The van der Waals surface area contributed by atoms with Gasteiger partial charge >= 0.3 is 23.9 Å². The minimum Gasteiger partial charge on any atom is -0.481 e. The Morgan fingerprint density at radius 3 is 1.21 bits per heavy atom. The number of carbonyl (C=O) groups excluding carboxylic acids is 2. The van der Waals surface area contributed by atoms with Crippen LogP contribution in [0.5, 0.6) is 0 Å². The van der Waals surface area contributed by atoms with E-state index >= 15 is 0 Å². The van der Waals surface area contributed by atoms with Gasteiger partial charge in [0, 0.05) is 65.2 Å². The number of hydrogen-bond acceptors (Lipinski definition) is 10. The van der Waals surface area contributed by atoms with Crippen LogP contribution in [0.4, 0.5) is 0 Å². The van der Waals surface area contributed by atoms with E-state index in [-0.39, 0.29) is 37.6 Å². The number of hydrogen-bond donors (Lipinski definition) is 2. The van der Waals surface area contributed by atoms with Crippen LogP contribution in [0.25, 0.3) is 0 Å². The molecule has 12 heteroatoms. The predicted molar refractivity (Wildman–Crippen MR) is 158 cm³/mol. The van der Waals surface area contributed by atoms with Gasteiger partial charge in [-0.25, -0.2) is 0 Å². The zero-order valence-electron chi connectivity index (χ0n) is 26.6. The normalized spacial score (nSPS) is 23.4. The van der Waals surface area contributed by atoms with E-state index in [1.54, 1.807) is 0 Å². The maximum atomic E-state index is 13.2. The molecular formula is C30H54N4O8. The molecule has 2 aliphatic heterocycles. The Morgan fingerprint density at radius 2 is 0.905 bits per heavy atom. The molecule has 0 aromatic rings. The van der Waals surface area contributed by atoms with Crippen LogP contribution in [-0.2, 0) is 28.7 Å². The lowest BCUT2D eigenvalue weighted by Crippen LogP contribution is -2.52. The van der Waals surface area contributed by atoms with Gasteiger partial charge in [0.2, 0.25) is 0 Å². The molecule has 0 aliphatic carbocycles. The molecule has 12 nitrogen and oxygen atoms in total. The highest BCUT2D eigenvalue weighted by Gasteiger charge is 2.33. The Balaban J connectivity index is 2.19. The number of carboxylic acids is 2. The molecule has 0 saturated carbocycles. The summed E-state index contributed by atoms with van der Waals surface area (Å²) in [7, 11) is 0. The molecular weight excluding hydrogens is 544 g/mol. The zero-order chi connectivity index (χ0) is 31.5. The second-order valence-corrected chi connectivity index (χ2v) is 13.4. The number of carbonyl (C=O) groups is 4. The summed E-state index contributed by atoms with van der Waals surface area (Å²) in [6.07, 6.45) is 1.78. The van der Waals surface area contributed by atoms with Crippen LogP contribution in [0, 0.1) is 0 Å². The number of aliphatic carboxylic acids is 2. The minimum absolute atomic E-state index is 0.104. The third kappa shape index (κ3) is 13.8. The van der Waals surface area contributed by atoms with Gasteiger partial charge in [-0.1, -0.05) is 0 Å². The monoisotopic (exact) mass is 598 g/mol. The minimum atomic E-state index is -0.933. The number of fused-ring (bicyclic) bond motifs is 3. The summed E-state index contributed by atoms with van der Waals surface area (Å²) in [4.78, 5) is 58.0. The van der Waals surface area contributed by atoms with Gasteiger partial charge in [0.05, 0.1) is 0 Å². The first-order valence-electron chi connectivity index (χ1n) is 15.4. The molecule has 242 valence electrons. The van der Waals surface area contributed by atoms with Crippen molar-refractivity contribution in [3.8, 4) is 0 Å². The third-order valence-corrected chi connectivity index (χ3v) is 7.48. The van der Waals surface area contributed by atoms with Crippen LogP contribution in [0.1, 0.15) is 80.1 Å². The van der Waals surface area contributed by atoms with Gasteiger partial charge in [0.1, 0.15) is 23.3 Å². The standard InChI is InChI=1S/C30H54N4O8/c1-29(2,3)41-27(39)23(9-11-25(35)36)33-15-7-13-32-18-17-31(19-21-33)14-8-16-34(22-20-32)24(10-12-26(37)38)28(40)42-30(4,5)6/h23-24H,7-22H2,1-6H3,(H,35,36)(H,37,38)/t23-,24+. The lowest BCUT2D eigenvalue weighted by Gasteiger charge is -2.39. The van der Waals surface area contributed by atoms with E-state index in [9.17, 15) is 29.4 Å². The Labute approximate surface area is 251 Å². The molecule has 0 amide bonds. The third-order valence-electron chi connectivity index (χ3n) is 7.48. The highest BCUT2D eigenvalue weighted by atomic mass is 16.6. The molecule has 2 saturated heterocycles. The summed E-state index contributed by atoms with van der Waals surface area (Å²) < 4.78 is 11.4. The van der Waals surface area contributed by atoms with E-state index < -0.39 is 35.2 Å². The first kappa shape index (κ1) is 35.9. The second-order valence-electron chi connectivity index (χ2n) is 13.4. The lowest BCUT2D eigenvalue weighted by molar-refractivity contribution is -0.163. The van der Waals surface area contributed by atoms with E-state index in [0.717, 1.165) is 39.0 Å². The summed E-state index contributed by atoms with van der Waals surface area (Å²) in [5.74, 6) is -2.62. The van der Waals surface area contributed by atoms with Crippen LogP contribution in [0.15, 0.2) is 0 Å². The molecule has 2 heterocycles. The van der Waals surface area contributed by atoms with Crippen molar-refractivity contribution in [2.45, 2.75) is 103 Å². The number of carboxylic acid groups (broad SMARTS) is 2. The Kier molecular flexibility index (Phi) is 14.1. The largest absolute Gasteiger partial charge is 0.481 e. The summed E-state index contributed by atoms with van der Waals surface area (Å²) in [6.45, 7) is 18.1. The quantitative estimate of drug-likeness (QED) is 0.356. The van der Waals surface area contributed by atoms with E-state index in [1.165, 1.54) is 0 Å². The Hall–Kier alpha value is -2.28. The van der Waals surface area contributed by atoms with Crippen LogP contribution in [0.3, 0.4) is 0 Å². The van der Waals surface area contributed by atoms with Crippen molar-refractivity contribution < 1.29 is 38.9 Å². The van der Waals surface area contributed by atoms with E-state index in [2.05, 4.69) is 19.6 Å². The van der Waals surface area contributed by atoms with Crippen molar-refractivity contribution in [1.29, 1.82) is 0 Å². The van der Waals surface area contributed by atoms with Gasteiger partial charge < -0.3 is 29.5 Å². The number of nitrogens with zero attached hydrogens (tertiary/aromatic N) is 4. The van der Waals surface area contributed by atoms with Gasteiger partial charge in [-0.15, -0.1) is 0 Å². The average molecular weight is 599 g/mol. The smallest absolute Gasteiger partial charge is 0.323 e. The first-order chi connectivity index (χ1) is 19.5. The SMILES string of the molecule is CC(C)(C)OC(=O)[C@@H](CCC(=O)O)N1CCCN2CCN(CCCN([C@@H](CCC(=O)O)C(=O)OC(C)(C)C)CC2)CC1. The van der Waals surface area contributed by atoms with Crippen molar-refractivity contribution in [1.82, 2.24) is 19.6 Å². The molecule has 2 N–H and O–H groups in total. The molecule has 2 unspecified atom stereocenters. The second kappa shape index (κ2) is 16.5. The summed E-state index contributed by atoms with van der Waals surface area (Å²) >= 11 is 0. The molecule has 0 spiro atoms. The van der Waals surface area contributed by atoms with Crippen molar-refractivity contribution in [2.24, 2.45) is 0 Å². The van der Waals surface area contributed by atoms with Gasteiger partial charge in [-0.2, -0.15) is 0 Å². The van der Waals surface area contributed by atoms with Gasteiger partial charge in [0.25, 0.3) is 0 Å². The first-order valence-corrected chi connectivity index (χ1v) is 15.4. The summed E-state index contributed by atoms with van der Waals surface area (Å²) in [5, 5.41) is 18.7. The zero-order valence-corrected chi connectivity index (χ0v) is 26.6. The van der Waals surface area contributed by atoms with E-state index in [1.807, 2.05) is 41.5 Å². The van der Waals surface area contributed by atoms with Crippen LogP contribution in [0.2, 0.25) is 0 Å². The molecule has 0 aromatic heterocycles. The highest BCUT2D eigenvalue weighted by Crippen LogP contribution is 2.19. The van der Waals surface area contributed by atoms with Crippen molar-refractivity contribution in [2.75, 3.05) is 65.4 Å². The van der Waals surface area contributed by atoms with Crippen LogP contribution >= 0.6 is 0 Å². The Bertz CT molecular complexity index is 829. The molecule has 2 bridgehead atoms. The fraction of sp³-hybridized carbons (Fsp3) is 0.867. The van der Waals surface area contributed by atoms with Crippen molar-refractivity contribution >= 4 is 23.9 Å². The number of ether oxygens (including phenoxy) is 2. The molecule has 42 heavy (non-hydrogen) atoms. The molecule has 0 radical (unpaired) electrons. The molecule has 2 rings (SSSR count). The lowest BCUT2D eigenvalue weighted by atomic mass is 10.1. The number of rotatable bonds is 10. The van der Waals surface area contributed by atoms with Gasteiger partial charge in [-0.05, 0) is 80.3 Å². The summed E-state index contributed by atoms with van der Waals surface area (Å²) in [6, 6.07) is -1.25. The van der Waals surface area contributed by atoms with Crippen LogP contribution < -0.4 is 0 Å².